The zero-order valence-corrected chi connectivity index (χ0v) is 21.4. The van der Waals surface area contributed by atoms with Crippen molar-refractivity contribution in [2.24, 2.45) is 0 Å². The predicted molar refractivity (Wildman–Crippen MR) is 133 cm³/mol. The highest BCUT2D eigenvalue weighted by molar-refractivity contribution is 7.92. The average molecular weight is 514 g/mol. The van der Waals surface area contributed by atoms with Gasteiger partial charge in [0.05, 0.1) is 11.9 Å². The van der Waals surface area contributed by atoms with Gasteiger partial charge in [-0.15, -0.1) is 0 Å². The Morgan fingerprint density at radius 1 is 1.03 bits per heavy atom. The van der Waals surface area contributed by atoms with Crippen LogP contribution < -0.4 is 9.62 Å². The summed E-state index contributed by atoms with van der Waals surface area (Å²) in [5.74, 6) is -0.861. The summed E-state index contributed by atoms with van der Waals surface area (Å²) in [6.07, 6.45) is 1.75. The summed E-state index contributed by atoms with van der Waals surface area (Å²) in [5.41, 5.74) is 0.977. The Kier molecular flexibility index (Phi) is 9.57. The van der Waals surface area contributed by atoms with Gasteiger partial charge in [-0.2, -0.15) is 0 Å². The normalized spacial score (nSPS) is 13.2. The molecule has 33 heavy (non-hydrogen) atoms. The third kappa shape index (κ3) is 7.91. The van der Waals surface area contributed by atoms with Crippen LogP contribution in [-0.4, -0.2) is 50.0 Å². The largest absolute Gasteiger partial charge is 0.352 e. The van der Waals surface area contributed by atoms with Crippen LogP contribution >= 0.6 is 23.2 Å². The molecule has 2 aromatic carbocycles. The van der Waals surface area contributed by atoms with Crippen molar-refractivity contribution in [3.63, 3.8) is 0 Å². The van der Waals surface area contributed by atoms with E-state index in [0.717, 1.165) is 17.0 Å². The fourth-order valence-electron chi connectivity index (χ4n) is 3.13. The van der Waals surface area contributed by atoms with Crippen LogP contribution in [0.3, 0.4) is 0 Å². The lowest BCUT2D eigenvalue weighted by Gasteiger charge is -2.32. The molecule has 0 heterocycles. The van der Waals surface area contributed by atoms with E-state index in [1.54, 1.807) is 49.4 Å². The Morgan fingerprint density at radius 2 is 1.64 bits per heavy atom. The van der Waals surface area contributed by atoms with Crippen molar-refractivity contribution in [3.05, 3.63) is 64.1 Å². The Bertz CT molecular complexity index is 1090. The lowest BCUT2D eigenvalue weighted by molar-refractivity contribution is -0.139. The molecular weight excluding hydrogens is 485 g/mol. The van der Waals surface area contributed by atoms with Crippen LogP contribution in [0.4, 0.5) is 5.69 Å². The van der Waals surface area contributed by atoms with E-state index in [0.29, 0.717) is 15.6 Å². The van der Waals surface area contributed by atoms with E-state index in [4.69, 9.17) is 23.2 Å². The highest BCUT2D eigenvalue weighted by Crippen LogP contribution is 2.23. The number of anilines is 1. The van der Waals surface area contributed by atoms with Gasteiger partial charge in [-0.25, -0.2) is 8.42 Å². The van der Waals surface area contributed by atoms with Gasteiger partial charge in [0, 0.05) is 22.6 Å². The molecule has 180 valence electrons. The van der Waals surface area contributed by atoms with Crippen LogP contribution in [0.2, 0.25) is 10.0 Å². The van der Waals surface area contributed by atoms with Crippen molar-refractivity contribution in [3.8, 4) is 0 Å². The number of benzene rings is 2. The number of amides is 2. The van der Waals surface area contributed by atoms with Gasteiger partial charge in [-0.1, -0.05) is 48.3 Å². The zero-order chi connectivity index (χ0) is 24.8. The first-order valence-electron chi connectivity index (χ1n) is 10.5. The quantitative estimate of drug-likeness (QED) is 0.518. The van der Waals surface area contributed by atoms with Gasteiger partial charge < -0.3 is 10.2 Å². The molecule has 2 rings (SSSR count). The van der Waals surface area contributed by atoms with Crippen LogP contribution in [0.25, 0.3) is 0 Å². The van der Waals surface area contributed by atoms with E-state index >= 15 is 0 Å². The molecule has 2 amide bonds. The smallest absolute Gasteiger partial charge is 0.244 e. The molecule has 0 aliphatic carbocycles. The van der Waals surface area contributed by atoms with Crippen molar-refractivity contribution in [2.75, 3.05) is 17.1 Å². The maximum atomic E-state index is 13.4. The fraction of sp³-hybridized carbons (Fsp3) is 0.391. The molecule has 2 atom stereocenters. The van der Waals surface area contributed by atoms with E-state index in [2.05, 4.69) is 5.32 Å². The summed E-state index contributed by atoms with van der Waals surface area (Å²) in [5, 5.41) is 3.71. The topological polar surface area (TPSA) is 86.8 Å². The Hall–Kier alpha value is -2.29. The summed E-state index contributed by atoms with van der Waals surface area (Å²) in [6, 6.07) is 12.3. The van der Waals surface area contributed by atoms with Crippen LogP contribution in [0, 0.1) is 0 Å². The minimum Gasteiger partial charge on any atom is -0.352 e. The maximum Gasteiger partial charge on any atom is 0.244 e. The second-order valence-electron chi connectivity index (χ2n) is 7.89. The highest BCUT2D eigenvalue weighted by Gasteiger charge is 2.30. The van der Waals surface area contributed by atoms with E-state index in [-0.39, 0.29) is 24.2 Å². The molecule has 0 bridgehead atoms. The summed E-state index contributed by atoms with van der Waals surface area (Å²) in [7, 11) is -3.81. The third-order valence-electron chi connectivity index (χ3n) is 5.19. The van der Waals surface area contributed by atoms with Gasteiger partial charge in [0.2, 0.25) is 21.8 Å². The monoisotopic (exact) mass is 513 g/mol. The lowest BCUT2D eigenvalue weighted by Crippen LogP contribution is -2.52. The second kappa shape index (κ2) is 11.7. The Morgan fingerprint density at radius 3 is 2.18 bits per heavy atom. The van der Waals surface area contributed by atoms with E-state index < -0.39 is 28.5 Å². The molecular formula is C23H29Cl2N3O4S. The molecule has 1 N–H and O–H groups in total. The van der Waals surface area contributed by atoms with Crippen molar-refractivity contribution >= 4 is 50.7 Å². The number of nitrogens with zero attached hydrogens (tertiary/aromatic N) is 2. The number of rotatable bonds is 10. The van der Waals surface area contributed by atoms with Crippen molar-refractivity contribution in [2.45, 2.75) is 45.8 Å². The summed E-state index contributed by atoms with van der Waals surface area (Å²) in [6.45, 7) is 5.03. The van der Waals surface area contributed by atoms with Gasteiger partial charge in [0.1, 0.15) is 12.6 Å². The molecule has 7 nitrogen and oxygen atoms in total. The van der Waals surface area contributed by atoms with E-state index in [1.807, 2.05) is 13.8 Å². The third-order valence-corrected chi connectivity index (χ3v) is 6.80. The van der Waals surface area contributed by atoms with Crippen molar-refractivity contribution in [1.29, 1.82) is 0 Å². The fourth-order valence-corrected chi connectivity index (χ4v) is 4.36. The predicted octanol–water partition coefficient (Wildman–Crippen LogP) is 4.09. The van der Waals surface area contributed by atoms with Crippen LogP contribution in [-0.2, 0) is 26.2 Å². The van der Waals surface area contributed by atoms with Crippen molar-refractivity contribution in [1.82, 2.24) is 10.2 Å². The van der Waals surface area contributed by atoms with E-state index in [9.17, 15) is 18.0 Å². The molecule has 0 saturated carbocycles. The molecule has 0 saturated heterocycles. The Labute approximate surface area is 205 Å². The minimum absolute atomic E-state index is 0.0675. The Balaban J connectivity index is 2.38. The van der Waals surface area contributed by atoms with Crippen LogP contribution in [0.5, 0.6) is 0 Å². The number of hydrogen-bond donors (Lipinski definition) is 1. The molecule has 0 fully saturated rings. The van der Waals surface area contributed by atoms with Gasteiger partial charge in [0.25, 0.3) is 0 Å². The van der Waals surface area contributed by atoms with Gasteiger partial charge in [-0.05, 0) is 56.2 Å². The first-order chi connectivity index (χ1) is 15.4. The number of sulfonamides is 1. The minimum atomic E-state index is -3.81. The molecule has 0 unspecified atom stereocenters. The molecule has 0 radical (unpaired) electrons. The molecule has 0 aliphatic rings. The number of nitrogens with one attached hydrogen (secondary N) is 1. The molecule has 0 aliphatic heterocycles. The summed E-state index contributed by atoms with van der Waals surface area (Å²) >= 11 is 12.1. The zero-order valence-electron chi connectivity index (χ0n) is 19.1. The van der Waals surface area contributed by atoms with Gasteiger partial charge in [0.15, 0.2) is 0 Å². The maximum absolute atomic E-state index is 13.4. The first kappa shape index (κ1) is 27.0. The SMILES string of the molecule is CC[C@@H](C)NC(=O)[C@H](C)N(Cc1cccc(Cl)c1)C(=O)CN(c1cccc(Cl)c1)S(C)(=O)=O. The number of hydrogen-bond acceptors (Lipinski definition) is 4. The number of carbonyl (C=O) groups is 2. The second-order valence-corrected chi connectivity index (χ2v) is 10.7. The lowest BCUT2D eigenvalue weighted by atomic mass is 10.1. The van der Waals surface area contributed by atoms with Crippen molar-refractivity contribution < 1.29 is 18.0 Å². The van der Waals surface area contributed by atoms with E-state index in [1.165, 1.54) is 11.0 Å². The number of carbonyl (C=O) groups excluding carboxylic acids is 2. The highest BCUT2D eigenvalue weighted by atomic mass is 35.5. The van der Waals surface area contributed by atoms with Gasteiger partial charge in [-0.3, -0.25) is 13.9 Å². The number of halogens is 2. The molecule has 0 spiro atoms. The molecule has 0 aromatic heterocycles. The summed E-state index contributed by atoms with van der Waals surface area (Å²) in [4.78, 5) is 27.6. The molecule has 2 aromatic rings. The first-order valence-corrected chi connectivity index (χ1v) is 13.1. The average Bonchev–Trinajstić information content (AvgIpc) is 2.74. The van der Waals surface area contributed by atoms with Crippen LogP contribution in [0.1, 0.15) is 32.8 Å². The molecule has 10 heteroatoms. The van der Waals surface area contributed by atoms with Crippen LogP contribution in [0.15, 0.2) is 48.5 Å². The standard InChI is InChI=1S/C23H29Cl2N3O4S/c1-5-16(2)26-23(30)17(3)27(14-18-8-6-9-19(24)12-18)22(29)15-28(33(4,31)32)21-11-7-10-20(25)13-21/h6-13,16-17H,5,14-15H2,1-4H3,(H,26,30)/t16-,17+/m1/s1. The summed E-state index contributed by atoms with van der Waals surface area (Å²) < 4.78 is 26.0. The van der Waals surface area contributed by atoms with Gasteiger partial charge >= 0.3 is 0 Å².